The highest BCUT2D eigenvalue weighted by Gasteiger charge is 2.36. The minimum Gasteiger partial charge on any atom is -0.492 e. The molecule has 3 rings (SSSR count). The molecule has 1 aliphatic heterocycles. The molecule has 146 valence electrons. The number of nitrogens with zero attached hydrogens (tertiary/aromatic N) is 1. The van der Waals surface area contributed by atoms with Crippen molar-refractivity contribution in [3.05, 3.63) is 54.1 Å². The van der Waals surface area contributed by atoms with Crippen LogP contribution < -0.4 is 15.0 Å². The third kappa shape index (κ3) is 4.31. The zero-order chi connectivity index (χ0) is 20.1. The van der Waals surface area contributed by atoms with E-state index in [0.29, 0.717) is 29.3 Å². The zero-order valence-electron chi connectivity index (χ0n) is 15.6. The lowest BCUT2D eigenvalue weighted by Crippen LogP contribution is -2.28. The summed E-state index contributed by atoms with van der Waals surface area (Å²) >= 11 is 0. The molecule has 1 fully saturated rings. The van der Waals surface area contributed by atoms with Gasteiger partial charge in [-0.05, 0) is 30.7 Å². The minimum absolute atomic E-state index is 0.0907. The van der Waals surface area contributed by atoms with E-state index in [4.69, 9.17) is 9.84 Å². The van der Waals surface area contributed by atoms with Crippen molar-refractivity contribution >= 4 is 29.2 Å². The molecule has 2 aromatic carbocycles. The Morgan fingerprint density at radius 3 is 2.64 bits per heavy atom. The lowest BCUT2D eigenvalue weighted by molar-refractivity contribution is -0.136. The second kappa shape index (κ2) is 8.56. The molecule has 1 saturated heterocycles. The van der Waals surface area contributed by atoms with E-state index in [9.17, 15) is 14.4 Å². The SMILES string of the molecule is CCOc1ccccc1N1CC(C(=O)Nc2ccccc2CC(=O)O)CC1=O. The molecule has 0 aliphatic carbocycles. The van der Waals surface area contributed by atoms with Gasteiger partial charge >= 0.3 is 5.97 Å². The highest BCUT2D eigenvalue weighted by atomic mass is 16.5. The number of para-hydroxylation sites is 3. The Hall–Kier alpha value is -3.35. The van der Waals surface area contributed by atoms with Gasteiger partial charge in [0.2, 0.25) is 11.8 Å². The molecule has 7 nitrogen and oxygen atoms in total. The number of benzene rings is 2. The van der Waals surface area contributed by atoms with Crippen molar-refractivity contribution in [3.63, 3.8) is 0 Å². The molecule has 0 aromatic heterocycles. The van der Waals surface area contributed by atoms with E-state index in [1.807, 2.05) is 19.1 Å². The summed E-state index contributed by atoms with van der Waals surface area (Å²) in [6.07, 6.45) is -0.0959. The number of rotatable bonds is 7. The summed E-state index contributed by atoms with van der Waals surface area (Å²) in [5.74, 6) is -1.35. The Bertz CT molecular complexity index is 896. The Kier molecular flexibility index (Phi) is 5.93. The predicted molar refractivity (Wildman–Crippen MR) is 104 cm³/mol. The maximum atomic E-state index is 12.7. The van der Waals surface area contributed by atoms with Gasteiger partial charge in [-0.2, -0.15) is 0 Å². The molecule has 28 heavy (non-hydrogen) atoms. The smallest absolute Gasteiger partial charge is 0.307 e. The Balaban J connectivity index is 1.74. The number of carboxylic acid groups (broad SMARTS) is 1. The fourth-order valence-electron chi connectivity index (χ4n) is 3.27. The van der Waals surface area contributed by atoms with Crippen LogP contribution in [0.1, 0.15) is 18.9 Å². The van der Waals surface area contributed by atoms with Crippen LogP contribution in [0.5, 0.6) is 5.75 Å². The van der Waals surface area contributed by atoms with Gasteiger partial charge < -0.3 is 20.1 Å². The second-order valence-corrected chi connectivity index (χ2v) is 6.52. The number of carboxylic acids is 1. The number of hydrogen-bond acceptors (Lipinski definition) is 4. The van der Waals surface area contributed by atoms with Crippen molar-refractivity contribution in [2.45, 2.75) is 19.8 Å². The molecule has 2 amide bonds. The number of carbonyl (C=O) groups is 3. The molecular formula is C21H22N2O5. The Labute approximate surface area is 162 Å². The van der Waals surface area contributed by atoms with E-state index in [1.54, 1.807) is 41.3 Å². The molecule has 0 bridgehead atoms. The first-order valence-corrected chi connectivity index (χ1v) is 9.12. The monoisotopic (exact) mass is 382 g/mol. The summed E-state index contributed by atoms with van der Waals surface area (Å²) < 4.78 is 5.59. The van der Waals surface area contributed by atoms with E-state index in [0.717, 1.165) is 0 Å². The fraction of sp³-hybridized carbons (Fsp3) is 0.286. The summed E-state index contributed by atoms with van der Waals surface area (Å²) in [6.45, 7) is 2.59. The second-order valence-electron chi connectivity index (χ2n) is 6.52. The van der Waals surface area contributed by atoms with Gasteiger partial charge in [-0.1, -0.05) is 30.3 Å². The zero-order valence-corrected chi connectivity index (χ0v) is 15.6. The van der Waals surface area contributed by atoms with Gasteiger partial charge in [-0.25, -0.2) is 0 Å². The molecule has 0 spiro atoms. The van der Waals surface area contributed by atoms with Gasteiger partial charge in [-0.3, -0.25) is 14.4 Å². The fourth-order valence-corrected chi connectivity index (χ4v) is 3.27. The molecule has 1 heterocycles. The molecule has 1 aliphatic rings. The summed E-state index contributed by atoms with van der Waals surface area (Å²) in [7, 11) is 0. The van der Waals surface area contributed by atoms with Gasteiger partial charge in [0, 0.05) is 18.7 Å². The topological polar surface area (TPSA) is 95.9 Å². The van der Waals surface area contributed by atoms with Crippen LogP contribution in [0.2, 0.25) is 0 Å². The van der Waals surface area contributed by atoms with Crippen molar-refractivity contribution < 1.29 is 24.2 Å². The number of amides is 2. The lowest BCUT2D eigenvalue weighted by atomic mass is 10.1. The summed E-state index contributed by atoms with van der Waals surface area (Å²) in [5.41, 5.74) is 1.62. The first-order chi connectivity index (χ1) is 13.5. The van der Waals surface area contributed by atoms with E-state index >= 15 is 0 Å². The number of hydrogen-bond donors (Lipinski definition) is 2. The molecular weight excluding hydrogens is 360 g/mol. The van der Waals surface area contributed by atoms with E-state index in [2.05, 4.69) is 5.32 Å². The summed E-state index contributed by atoms with van der Waals surface area (Å²) in [4.78, 5) is 37.8. The molecule has 0 radical (unpaired) electrons. The number of carbonyl (C=O) groups excluding carboxylic acids is 2. The van der Waals surface area contributed by atoms with Crippen molar-refractivity contribution in [1.82, 2.24) is 0 Å². The molecule has 1 atom stereocenters. The molecule has 7 heteroatoms. The first kappa shape index (κ1) is 19.4. The molecule has 0 saturated carbocycles. The highest BCUT2D eigenvalue weighted by Crippen LogP contribution is 2.33. The molecule has 2 aromatic rings. The van der Waals surface area contributed by atoms with Crippen LogP contribution in [0.3, 0.4) is 0 Å². The van der Waals surface area contributed by atoms with Crippen LogP contribution in [0.25, 0.3) is 0 Å². The third-order valence-corrected chi connectivity index (χ3v) is 4.57. The quantitative estimate of drug-likeness (QED) is 0.768. The van der Waals surface area contributed by atoms with E-state index in [-0.39, 0.29) is 31.2 Å². The average molecular weight is 382 g/mol. The van der Waals surface area contributed by atoms with Gasteiger partial charge in [0.05, 0.1) is 24.6 Å². The van der Waals surface area contributed by atoms with Crippen molar-refractivity contribution in [3.8, 4) is 5.75 Å². The minimum atomic E-state index is -0.976. The molecule has 1 unspecified atom stereocenters. The van der Waals surface area contributed by atoms with Gasteiger partial charge in [0.15, 0.2) is 0 Å². The number of nitrogens with one attached hydrogen (secondary N) is 1. The predicted octanol–water partition coefficient (Wildman–Crippen LogP) is 2.70. The first-order valence-electron chi connectivity index (χ1n) is 9.12. The average Bonchev–Trinajstić information content (AvgIpc) is 3.05. The largest absolute Gasteiger partial charge is 0.492 e. The highest BCUT2D eigenvalue weighted by molar-refractivity contribution is 6.04. The lowest BCUT2D eigenvalue weighted by Gasteiger charge is -2.20. The van der Waals surface area contributed by atoms with Gasteiger partial charge in [-0.15, -0.1) is 0 Å². The van der Waals surface area contributed by atoms with Crippen LogP contribution in [0.15, 0.2) is 48.5 Å². The maximum absolute atomic E-state index is 12.7. The molecule has 2 N–H and O–H groups in total. The van der Waals surface area contributed by atoms with Crippen LogP contribution in [0, 0.1) is 5.92 Å². The van der Waals surface area contributed by atoms with Crippen LogP contribution >= 0.6 is 0 Å². The van der Waals surface area contributed by atoms with Gasteiger partial charge in [0.25, 0.3) is 0 Å². The standard InChI is InChI=1S/C21H22N2O5/c1-2-28-18-10-6-5-9-17(18)23-13-15(11-19(23)24)21(27)22-16-8-4-3-7-14(16)12-20(25)26/h3-10,15H,2,11-13H2,1H3,(H,22,27)(H,25,26). The van der Waals surface area contributed by atoms with Crippen molar-refractivity contribution in [2.24, 2.45) is 5.92 Å². The Morgan fingerprint density at radius 2 is 1.89 bits per heavy atom. The number of aliphatic carboxylic acids is 1. The third-order valence-electron chi connectivity index (χ3n) is 4.57. The van der Waals surface area contributed by atoms with Crippen LogP contribution in [0.4, 0.5) is 11.4 Å². The van der Waals surface area contributed by atoms with Gasteiger partial charge in [0.1, 0.15) is 5.75 Å². The Morgan fingerprint density at radius 1 is 1.18 bits per heavy atom. The van der Waals surface area contributed by atoms with E-state index < -0.39 is 11.9 Å². The van der Waals surface area contributed by atoms with Crippen LogP contribution in [-0.4, -0.2) is 36.0 Å². The summed E-state index contributed by atoms with van der Waals surface area (Å²) in [5, 5.41) is 11.8. The van der Waals surface area contributed by atoms with Crippen LogP contribution in [-0.2, 0) is 20.8 Å². The van der Waals surface area contributed by atoms with Crippen molar-refractivity contribution in [1.29, 1.82) is 0 Å². The number of anilines is 2. The maximum Gasteiger partial charge on any atom is 0.307 e. The number of ether oxygens (including phenoxy) is 1. The normalized spacial score (nSPS) is 16.1. The van der Waals surface area contributed by atoms with E-state index in [1.165, 1.54) is 0 Å². The van der Waals surface area contributed by atoms with Crippen molar-refractivity contribution in [2.75, 3.05) is 23.4 Å². The summed E-state index contributed by atoms with van der Waals surface area (Å²) in [6, 6.07) is 14.0.